The number of aliphatic hydroxyl groups is 3. The summed E-state index contributed by atoms with van der Waals surface area (Å²) in [6, 6.07) is 0. The Labute approximate surface area is 335 Å². The van der Waals surface area contributed by atoms with Crippen LogP contribution in [0.15, 0.2) is 0 Å². The summed E-state index contributed by atoms with van der Waals surface area (Å²) >= 11 is 0. The Bertz CT molecular complexity index is 1250. The van der Waals surface area contributed by atoms with Crippen molar-refractivity contribution in [2.24, 2.45) is 5.73 Å². The van der Waals surface area contributed by atoms with Gasteiger partial charge in [0.25, 0.3) is 0 Å². The maximum atomic E-state index is 13.0. The Morgan fingerprint density at radius 3 is 1.40 bits per heavy atom. The first-order valence-electron chi connectivity index (χ1n) is 20.0. The van der Waals surface area contributed by atoms with Gasteiger partial charge < -0.3 is 55.0 Å². The van der Waals surface area contributed by atoms with Gasteiger partial charge in [-0.15, -0.1) is 0 Å². The highest BCUT2D eigenvalue weighted by atomic mass is 31.2. The second-order valence-electron chi connectivity index (χ2n) is 14.4. The number of esters is 2. The lowest BCUT2D eigenvalue weighted by Gasteiger charge is -2.44. The molecule has 1 saturated carbocycles. The smallest absolute Gasteiger partial charge is 0.462 e. The molecule has 8 atom stereocenters. The third-order valence-corrected chi connectivity index (χ3v) is 11.3. The zero-order valence-electron chi connectivity index (χ0n) is 33.0. The van der Waals surface area contributed by atoms with Crippen molar-refractivity contribution in [3.8, 4) is 0 Å². The van der Waals surface area contributed by atoms with Crippen LogP contribution >= 0.6 is 23.5 Å². The number of phosphoric acid groups is 3. The Balaban J connectivity index is 2.81. The monoisotopic (exact) mass is 887 g/mol. The van der Waals surface area contributed by atoms with E-state index in [1.165, 1.54) is 44.9 Å². The molecule has 0 heterocycles. The minimum Gasteiger partial charge on any atom is -0.462 e. The molecule has 0 saturated heterocycles. The summed E-state index contributed by atoms with van der Waals surface area (Å²) in [7, 11) is -16.6. The molecular weight excluding hydrogens is 819 g/mol. The van der Waals surface area contributed by atoms with Gasteiger partial charge in [-0.2, -0.15) is 0 Å². The molecular formula is C34H68NO19P3. The van der Waals surface area contributed by atoms with Gasteiger partial charge in [0, 0.05) is 12.8 Å². The van der Waals surface area contributed by atoms with Crippen molar-refractivity contribution in [1.29, 1.82) is 0 Å². The summed E-state index contributed by atoms with van der Waals surface area (Å²) in [5, 5.41) is 31.7. The molecule has 23 heteroatoms. The Kier molecular flexibility index (Phi) is 27.9. The van der Waals surface area contributed by atoms with Crippen molar-refractivity contribution in [3.05, 3.63) is 0 Å². The van der Waals surface area contributed by atoms with Crippen LogP contribution in [0.1, 0.15) is 142 Å². The molecule has 1 aliphatic rings. The Hall–Kier alpha value is -0.890. The van der Waals surface area contributed by atoms with E-state index >= 15 is 0 Å². The van der Waals surface area contributed by atoms with Gasteiger partial charge in [-0.3, -0.25) is 27.7 Å². The number of unbranched alkanes of at least 4 members (excludes halogenated alkanes) is 17. The minimum atomic E-state index is -5.59. The average molecular weight is 888 g/mol. The van der Waals surface area contributed by atoms with E-state index in [9.17, 15) is 63.1 Å². The number of rotatable bonds is 34. The summed E-state index contributed by atoms with van der Waals surface area (Å²) in [4.78, 5) is 72.5. The molecule has 0 radical (unpaired) electrons. The Morgan fingerprint density at radius 1 is 0.544 bits per heavy atom. The zero-order chi connectivity index (χ0) is 42.9. The first-order valence-corrected chi connectivity index (χ1v) is 24.6. The normalized spacial score (nSPS) is 23.2. The summed E-state index contributed by atoms with van der Waals surface area (Å²) in [5.41, 5.74) is 5.49. The molecule has 0 aromatic heterocycles. The van der Waals surface area contributed by atoms with Crippen molar-refractivity contribution in [3.63, 3.8) is 0 Å². The van der Waals surface area contributed by atoms with Crippen LogP contribution in [-0.2, 0) is 50.9 Å². The fourth-order valence-corrected chi connectivity index (χ4v) is 8.34. The maximum Gasteiger partial charge on any atom is 0.472 e. The van der Waals surface area contributed by atoms with Gasteiger partial charge in [-0.25, -0.2) is 13.7 Å². The molecule has 0 aromatic rings. The van der Waals surface area contributed by atoms with Gasteiger partial charge in [0.2, 0.25) is 0 Å². The van der Waals surface area contributed by atoms with Gasteiger partial charge in [-0.05, 0) is 25.8 Å². The molecule has 0 bridgehead atoms. The first kappa shape index (κ1) is 54.1. The zero-order valence-corrected chi connectivity index (χ0v) is 35.7. The highest BCUT2D eigenvalue weighted by molar-refractivity contribution is 7.47. The third-order valence-electron chi connectivity index (χ3n) is 9.26. The van der Waals surface area contributed by atoms with Gasteiger partial charge in [-0.1, -0.05) is 110 Å². The second-order valence-corrected chi connectivity index (χ2v) is 18.2. The van der Waals surface area contributed by atoms with E-state index in [1.54, 1.807) is 0 Å². The van der Waals surface area contributed by atoms with E-state index in [1.807, 2.05) is 0 Å². The van der Waals surface area contributed by atoms with E-state index in [2.05, 4.69) is 16.0 Å². The molecule has 0 aliphatic heterocycles. The molecule has 4 unspecified atom stereocenters. The SMILES string of the molecule is CCCCCCCCCCCCCCCC(=O)O[C@H](COC(=O)CCCCCCCCN)COP(=O)(O)OC1C(O)[C@H](OP(=O)(O)O)C(OP(=O)(O)O)[C@H](O)[C@@H]1O. The number of aliphatic hydroxyl groups excluding tert-OH is 3. The van der Waals surface area contributed by atoms with E-state index in [-0.39, 0.29) is 12.8 Å². The minimum absolute atomic E-state index is 0.00317. The molecule has 10 N–H and O–H groups in total. The Morgan fingerprint density at radius 2 is 0.947 bits per heavy atom. The van der Waals surface area contributed by atoms with Crippen molar-refractivity contribution in [2.45, 2.75) is 184 Å². The molecule has 0 amide bonds. The number of hydrogen-bond acceptors (Lipinski definition) is 15. The number of nitrogens with two attached hydrogens (primary N) is 1. The van der Waals surface area contributed by atoms with Gasteiger partial charge >= 0.3 is 35.4 Å². The predicted molar refractivity (Wildman–Crippen MR) is 205 cm³/mol. The van der Waals surface area contributed by atoms with Gasteiger partial charge in [0.15, 0.2) is 6.10 Å². The number of carbonyl (C=O) groups is 2. The predicted octanol–water partition coefficient (Wildman–Crippen LogP) is 4.17. The molecule has 57 heavy (non-hydrogen) atoms. The molecule has 1 rings (SSSR count). The van der Waals surface area contributed by atoms with Crippen molar-refractivity contribution in [2.75, 3.05) is 19.8 Å². The number of ether oxygens (including phenoxy) is 2. The average Bonchev–Trinajstić information content (AvgIpc) is 3.12. The lowest BCUT2D eigenvalue weighted by Crippen LogP contribution is -2.65. The highest BCUT2D eigenvalue weighted by Gasteiger charge is 2.56. The van der Waals surface area contributed by atoms with Crippen LogP contribution in [0.5, 0.6) is 0 Å². The van der Waals surface area contributed by atoms with E-state index in [0.717, 1.165) is 64.2 Å². The second kappa shape index (κ2) is 29.4. The van der Waals surface area contributed by atoms with Crippen LogP contribution in [0.3, 0.4) is 0 Å². The summed E-state index contributed by atoms with van der Waals surface area (Å²) in [5.74, 6) is -1.33. The summed E-state index contributed by atoms with van der Waals surface area (Å²) in [6.45, 7) is 1.31. The molecule has 0 spiro atoms. The molecule has 20 nitrogen and oxygen atoms in total. The van der Waals surface area contributed by atoms with Crippen LogP contribution < -0.4 is 5.73 Å². The fourth-order valence-electron chi connectivity index (χ4n) is 6.24. The van der Waals surface area contributed by atoms with Crippen molar-refractivity contribution >= 4 is 35.4 Å². The van der Waals surface area contributed by atoms with Crippen molar-refractivity contribution < 1.29 is 90.6 Å². The molecule has 0 aromatic carbocycles. The van der Waals surface area contributed by atoms with E-state index in [0.29, 0.717) is 19.4 Å². The van der Waals surface area contributed by atoms with Gasteiger partial charge in [0.05, 0.1) is 6.61 Å². The lowest BCUT2D eigenvalue weighted by molar-refractivity contribution is -0.213. The lowest BCUT2D eigenvalue weighted by atomic mass is 9.85. The molecule has 1 aliphatic carbocycles. The maximum absolute atomic E-state index is 13.0. The largest absolute Gasteiger partial charge is 0.472 e. The van der Waals surface area contributed by atoms with Crippen LogP contribution in [0.4, 0.5) is 0 Å². The quantitative estimate of drug-likeness (QED) is 0.0249. The molecule has 338 valence electrons. The van der Waals surface area contributed by atoms with E-state index in [4.69, 9.17) is 24.3 Å². The van der Waals surface area contributed by atoms with Crippen molar-refractivity contribution in [1.82, 2.24) is 0 Å². The standard InChI is InChI=1S/C34H68NO19P3/c1-2-3-4-5-6-7-8-9-10-11-12-16-19-22-28(37)51-26(24-49-27(36)21-18-15-13-14-17-20-23-35)25-50-57(47,48)54-32-29(38)30(39)33(52-55(41,42)43)34(31(32)40)53-56(44,45)46/h26,29-34,38-40H,2-25,35H2,1H3,(H,47,48)(H2,41,42,43)(H2,44,45,46)/t26-,29+,30-,31?,32?,33?,34+/m1/s1. The topological polar surface area (TPSA) is 329 Å². The van der Waals surface area contributed by atoms with Crippen LogP contribution in [0, 0.1) is 0 Å². The number of carbonyl (C=O) groups excluding carboxylic acids is 2. The van der Waals surface area contributed by atoms with Crippen LogP contribution in [-0.4, -0.2) is 114 Å². The highest BCUT2D eigenvalue weighted by Crippen LogP contribution is 2.51. The summed E-state index contributed by atoms with van der Waals surface area (Å²) < 4.78 is 64.9. The first-order chi connectivity index (χ1) is 26.8. The van der Waals surface area contributed by atoms with Gasteiger partial charge in [0.1, 0.15) is 43.2 Å². The van der Waals surface area contributed by atoms with E-state index < -0.39 is 91.3 Å². The number of phosphoric ester groups is 3. The molecule has 1 fully saturated rings. The van der Waals surface area contributed by atoms with Crippen LogP contribution in [0.25, 0.3) is 0 Å². The number of hydrogen-bond donors (Lipinski definition) is 9. The fraction of sp³-hybridized carbons (Fsp3) is 0.941. The summed E-state index contributed by atoms with van der Waals surface area (Å²) in [6.07, 6.45) is 3.04. The third kappa shape index (κ3) is 26.1. The van der Waals surface area contributed by atoms with Crippen LogP contribution in [0.2, 0.25) is 0 Å².